The van der Waals surface area contributed by atoms with Crippen LogP contribution in [-0.2, 0) is 21.8 Å². The molecule has 0 aromatic heterocycles. The summed E-state index contributed by atoms with van der Waals surface area (Å²) >= 11 is 0. The van der Waals surface area contributed by atoms with Crippen molar-refractivity contribution in [1.29, 1.82) is 0 Å². The minimum atomic E-state index is -4.65. The first-order valence-corrected chi connectivity index (χ1v) is 6.68. The van der Waals surface area contributed by atoms with Gasteiger partial charge in [0.25, 0.3) is 0 Å². The van der Waals surface area contributed by atoms with Gasteiger partial charge in [0, 0.05) is 6.26 Å². The Morgan fingerprint density at radius 1 is 1.33 bits per heavy atom. The second kappa shape index (κ2) is 4.60. The van der Waals surface area contributed by atoms with Crippen molar-refractivity contribution in [2.45, 2.75) is 11.9 Å². The maximum atomic E-state index is 12.4. The van der Waals surface area contributed by atoms with Crippen molar-refractivity contribution in [1.82, 2.24) is 0 Å². The molecule has 100 valence electrons. The molecule has 0 unspecified atom stereocenters. The Morgan fingerprint density at radius 2 is 1.89 bits per heavy atom. The second-order valence-electron chi connectivity index (χ2n) is 3.74. The van der Waals surface area contributed by atoms with Crippen molar-refractivity contribution < 1.29 is 31.5 Å². The van der Waals surface area contributed by atoms with Gasteiger partial charge in [0.15, 0.2) is 9.84 Å². The zero-order valence-electron chi connectivity index (χ0n) is 9.15. The molecule has 1 N–H and O–H groups in total. The van der Waals surface area contributed by atoms with Crippen molar-refractivity contribution >= 4 is 15.8 Å². The van der Waals surface area contributed by atoms with Gasteiger partial charge in [0.05, 0.1) is 16.9 Å². The Hall–Kier alpha value is -1.57. The standard InChI is InChI=1S/C10H9F3O4S/c1-18(16,17)5-6-4-7(10(11,12)13)2-3-8(6)9(14)15/h2-4H,5H2,1H3,(H,14,15). The average molecular weight is 282 g/mol. The van der Waals surface area contributed by atoms with Crippen molar-refractivity contribution in [2.75, 3.05) is 6.26 Å². The molecule has 0 amide bonds. The van der Waals surface area contributed by atoms with E-state index in [-0.39, 0.29) is 5.56 Å². The van der Waals surface area contributed by atoms with Crippen molar-refractivity contribution in [3.63, 3.8) is 0 Å². The molecule has 0 aliphatic rings. The zero-order chi connectivity index (χ0) is 14.1. The molecular formula is C10H9F3O4S. The molecular weight excluding hydrogens is 273 g/mol. The van der Waals surface area contributed by atoms with Crippen LogP contribution in [0.5, 0.6) is 0 Å². The summed E-state index contributed by atoms with van der Waals surface area (Å²) in [5.74, 6) is -2.22. The number of hydrogen-bond donors (Lipinski definition) is 1. The van der Waals surface area contributed by atoms with Crippen LogP contribution in [0, 0.1) is 0 Å². The van der Waals surface area contributed by atoms with Crippen LogP contribution in [0.1, 0.15) is 21.5 Å². The number of aromatic carboxylic acids is 1. The number of hydrogen-bond acceptors (Lipinski definition) is 3. The van der Waals surface area contributed by atoms with E-state index in [1.54, 1.807) is 0 Å². The third-order valence-corrected chi connectivity index (χ3v) is 2.92. The maximum Gasteiger partial charge on any atom is 0.416 e. The van der Waals surface area contributed by atoms with Crippen molar-refractivity contribution in [3.05, 3.63) is 34.9 Å². The van der Waals surface area contributed by atoms with Gasteiger partial charge in [-0.2, -0.15) is 13.2 Å². The third kappa shape index (κ3) is 3.73. The van der Waals surface area contributed by atoms with Crippen molar-refractivity contribution in [2.24, 2.45) is 0 Å². The lowest BCUT2D eigenvalue weighted by molar-refractivity contribution is -0.137. The quantitative estimate of drug-likeness (QED) is 0.919. The second-order valence-corrected chi connectivity index (χ2v) is 5.89. The fourth-order valence-corrected chi connectivity index (χ4v) is 2.18. The first kappa shape index (κ1) is 14.5. The van der Waals surface area contributed by atoms with Gasteiger partial charge >= 0.3 is 12.1 Å². The summed E-state index contributed by atoms with van der Waals surface area (Å²) < 4.78 is 59.4. The van der Waals surface area contributed by atoms with Crippen LogP contribution in [0.4, 0.5) is 13.2 Å². The third-order valence-electron chi connectivity index (χ3n) is 2.08. The molecule has 0 spiro atoms. The number of carboxylic acids is 1. The van der Waals surface area contributed by atoms with E-state index >= 15 is 0 Å². The lowest BCUT2D eigenvalue weighted by Crippen LogP contribution is -2.12. The van der Waals surface area contributed by atoms with E-state index in [1.165, 1.54) is 0 Å². The predicted octanol–water partition coefficient (Wildman–Crippen LogP) is 1.95. The van der Waals surface area contributed by atoms with E-state index in [2.05, 4.69) is 0 Å². The lowest BCUT2D eigenvalue weighted by Gasteiger charge is -2.10. The Morgan fingerprint density at radius 3 is 2.28 bits per heavy atom. The monoisotopic (exact) mass is 282 g/mol. The van der Waals surface area contributed by atoms with E-state index in [4.69, 9.17) is 5.11 Å². The van der Waals surface area contributed by atoms with Gasteiger partial charge in [-0.05, 0) is 23.8 Å². The molecule has 0 heterocycles. The Bertz CT molecular complexity index is 575. The van der Waals surface area contributed by atoms with Crippen LogP contribution >= 0.6 is 0 Å². The molecule has 0 saturated carbocycles. The summed E-state index contributed by atoms with van der Waals surface area (Å²) in [5.41, 5.74) is -1.90. The highest BCUT2D eigenvalue weighted by molar-refractivity contribution is 7.89. The number of alkyl halides is 3. The summed E-state index contributed by atoms with van der Waals surface area (Å²) in [6.45, 7) is 0. The van der Waals surface area contributed by atoms with E-state index in [0.29, 0.717) is 12.1 Å². The molecule has 0 atom stereocenters. The normalized spacial score (nSPS) is 12.4. The first-order valence-electron chi connectivity index (χ1n) is 4.62. The van der Waals surface area contributed by atoms with Gasteiger partial charge in [-0.15, -0.1) is 0 Å². The highest BCUT2D eigenvalue weighted by atomic mass is 32.2. The van der Waals surface area contributed by atoms with Crippen LogP contribution in [0.3, 0.4) is 0 Å². The Balaban J connectivity index is 3.38. The number of carbonyl (C=O) groups is 1. The van der Waals surface area contributed by atoms with Crippen LogP contribution in [0.2, 0.25) is 0 Å². The highest BCUT2D eigenvalue weighted by Gasteiger charge is 2.31. The first-order chi connectivity index (χ1) is 8.00. The Labute approximate surface area is 101 Å². The molecule has 0 fully saturated rings. The lowest BCUT2D eigenvalue weighted by atomic mass is 10.0. The molecule has 0 bridgehead atoms. The van der Waals surface area contributed by atoms with E-state index < -0.39 is 38.9 Å². The average Bonchev–Trinajstić information content (AvgIpc) is 2.12. The highest BCUT2D eigenvalue weighted by Crippen LogP contribution is 2.31. The summed E-state index contributed by atoms with van der Waals surface area (Å²) in [4.78, 5) is 10.8. The van der Waals surface area contributed by atoms with Gasteiger partial charge in [-0.1, -0.05) is 0 Å². The van der Waals surface area contributed by atoms with Gasteiger partial charge in [-0.3, -0.25) is 0 Å². The van der Waals surface area contributed by atoms with Crippen molar-refractivity contribution in [3.8, 4) is 0 Å². The van der Waals surface area contributed by atoms with E-state index in [0.717, 1.165) is 12.3 Å². The molecule has 0 radical (unpaired) electrons. The molecule has 0 aliphatic carbocycles. The predicted molar refractivity (Wildman–Crippen MR) is 57.0 cm³/mol. The van der Waals surface area contributed by atoms with Crippen LogP contribution in [-0.4, -0.2) is 25.7 Å². The smallest absolute Gasteiger partial charge is 0.416 e. The van der Waals surface area contributed by atoms with Gasteiger partial charge in [-0.25, -0.2) is 13.2 Å². The minimum absolute atomic E-state index is 0.375. The fraction of sp³-hybridized carbons (Fsp3) is 0.300. The SMILES string of the molecule is CS(=O)(=O)Cc1cc(C(F)(F)F)ccc1C(=O)O. The maximum absolute atomic E-state index is 12.4. The minimum Gasteiger partial charge on any atom is -0.478 e. The molecule has 1 aromatic carbocycles. The summed E-state index contributed by atoms with van der Waals surface area (Å²) in [7, 11) is -3.63. The number of halogens is 3. The molecule has 0 aliphatic heterocycles. The number of benzene rings is 1. The molecule has 0 saturated heterocycles. The number of carboxylic acid groups (broad SMARTS) is 1. The fourth-order valence-electron chi connectivity index (χ4n) is 1.38. The summed E-state index contributed by atoms with van der Waals surface area (Å²) in [6, 6.07) is 1.91. The molecule has 1 aromatic rings. The van der Waals surface area contributed by atoms with Crippen LogP contribution < -0.4 is 0 Å². The molecule has 4 nitrogen and oxygen atoms in total. The number of sulfone groups is 1. The van der Waals surface area contributed by atoms with E-state index in [1.807, 2.05) is 0 Å². The summed E-state index contributed by atoms with van der Waals surface area (Å²) in [5, 5.41) is 8.78. The molecule has 18 heavy (non-hydrogen) atoms. The van der Waals surface area contributed by atoms with Gasteiger partial charge in [0.1, 0.15) is 0 Å². The van der Waals surface area contributed by atoms with Gasteiger partial charge < -0.3 is 5.11 Å². The topological polar surface area (TPSA) is 71.4 Å². The van der Waals surface area contributed by atoms with Crippen LogP contribution in [0.25, 0.3) is 0 Å². The molecule has 8 heteroatoms. The summed E-state index contributed by atoms with van der Waals surface area (Å²) in [6.07, 6.45) is -3.83. The largest absolute Gasteiger partial charge is 0.478 e. The number of rotatable bonds is 3. The Kier molecular flexibility index (Phi) is 3.70. The van der Waals surface area contributed by atoms with Gasteiger partial charge in [0.2, 0.25) is 0 Å². The van der Waals surface area contributed by atoms with Crippen LogP contribution in [0.15, 0.2) is 18.2 Å². The van der Waals surface area contributed by atoms with E-state index in [9.17, 15) is 26.4 Å². The molecule has 1 rings (SSSR count). The zero-order valence-corrected chi connectivity index (χ0v) is 9.97.